The molecule has 1 saturated carbocycles. The standard InChI is InChI=1S/C25H30FN7O3/c1-13-9-32(10-14(2)36-13)19-7-15-6-17(22(19)26)29-21-8-18(27-3)23-24(31-21)33(12-28-23)25(34)30-16-4-5-20(16)35-11-15/h6-8,12-14,16,20H,4-5,9-11H2,1-3H3,(H,30,34)(H2,27,29,31)/t13-,14+,16-,20-/m1/s1. The maximum Gasteiger partial charge on any atom is 0.328 e. The van der Waals surface area contributed by atoms with Crippen LogP contribution in [-0.4, -0.2) is 65.1 Å². The highest BCUT2D eigenvalue weighted by atomic mass is 19.1. The van der Waals surface area contributed by atoms with Gasteiger partial charge in [0.1, 0.15) is 17.7 Å². The van der Waals surface area contributed by atoms with E-state index in [4.69, 9.17) is 9.47 Å². The second-order valence-electron chi connectivity index (χ2n) is 9.84. The van der Waals surface area contributed by atoms with Crippen LogP contribution in [0.2, 0.25) is 0 Å². The lowest BCUT2D eigenvalue weighted by Crippen LogP contribution is -2.52. The van der Waals surface area contributed by atoms with E-state index in [1.54, 1.807) is 19.2 Å². The van der Waals surface area contributed by atoms with Gasteiger partial charge in [-0.1, -0.05) is 0 Å². The van der Waals surface area contributed by atoms with Gasteiger partial charge in [0.2, 0.25) is 0 Å². The summed E-state index contributed by atoms with van der Waals surface area (Å²) in [6.45, 7) is 5.48. The molecule has 1 saturated heterocycles. The lowest BCUT2D eigenvalue weighted by Gasteiger charge is -2.38. The number of fused-ring (bicyclic) bond motifs is 4. The zero-order valence-corrected chi connectivity index (χ0v) is 20.5. The fourth-order valence-corrected chi connectivity index (χ4v) is 5.24. The van der Waals surface area contributed by atoms with Gasteiger partial charge in [0.25, 0.3) is 0 Å². The Morgan fingerprint density at radius 3 is 2.69 bits per heavy atom. The van der Waals surface area contributed by atoms with E-state index in [1.165, 1.54) is 10.9 Å². The number of nitrogens with zero attached hydrogens (tertiary/aromatic N) is 4. The summed E-state index contributed by atoms with van der Waals surface area (Å²) in [5.74, 6) is 0.0273. The molecular formula is C25H30FN7O3. The van der Waals surface area contributed by atoms with Gasteiger partial charge in [0.15, 0.2) is 11.5 Å². The van der Waals surface area contributed by atoms with Crippen molar-refractivity contribution in [1.82, 2.24) is 19.9 Å². The van der Waals surface area contributed by atoms with Gasteiger partial charge in [-0.2, -0.15) is 0 Å². The van der Waals surface area contributed by atoms with E-state index in [0.29, 0.717) is 53.7 Å². The van der Waals surface area contributed by atoms with Crippen LogP contribution < -0.4 is 20.9 Å². The summed E-state index contributed by atoms with van der Waals surface area (Å²) >= 11 is 0. The fraction of sp³-hybridized carbons (Fsp3) is 0.480. The quantitative estimate of drug-likeness (QED) is 0.496. The first-order chi connectivity index (χ1) is 17.4. The first kappa shape index (κ1) is 23.0. The zero-order valence-electron chi connectivity index (χ0n) is 20.5. The van der Waals surface area contributed by atoms with Crippen molar-refractivity contribution >= 4 is 40.1 Å². The smallest absolute Gasteiger partial charge is 0.328 e. The number of halogens is 1. The van der Waals surface area contributed by atoms with Crippen LogP contribution >= 0.6 is 0 Å². The molecule has 4 heterocycles. The molecule has 3 N–H and O–H groups in total. The van der Waals surface area contributed by atoms with Crippen molar-refractivity contribution in [3.05, 3.63) is 35.9 Å². The van der Waals surface area contributed by atoms with Crippen LogP contribution in [-0.2, 0) is 16.1 Å². The summed E-state index contributed by atoms with van der Waals surface area (Å²) in [5, 5.41) is 9.31. The van der Waals surface area contributed by atoms with E-state index in [2.05, 4.69) is 25.9 Å². The molecule has 2 aliphatic heterocycles. The van der Waals surface area contributed by atoms with Crippen LogP contribution in [0.25, 0.3) is 11.2 Å². The van der Waals surface area contributed by atoms with Crippen molar-refractivity contribution in [2.45, 2.75) is 57.6 Å². The molecule has 6 rings (SSSR count). The van der Waals surface area contributed by atoms with Gasteiger partial charge in [-0.05, 0) is 44.4 Å². The number of nitrogens with one attached hydrogen (secondary N) is 3. The number of carbonyl (C=O) groups is 1. The molecule has 0 spiro atoms. The molecule has 4 atom stereocenters. The number of pyridine rings is 1. The predicted molar refractivity (Wildman–Crippen MR) is 135 cm³/mol. The molecule has 11 heteroatoms. The number of amides is 1. The van der Waals surface area contributed by atoms with E-state index in [9.17, 15) is 4.79 Å². The minimum atomic E-state index is -0.368. The zero-order chi connectivity index (χ0) is 25.0. The topological polar surface area (TPSA) is 106 Å². The van der Waals surface area contributed by atoms with E-state index in [0.717, 1.165) is 18.4 Å². The molecule has 190 valence electrons. The first-order valence-corrected chi connectivity index (χ1v) is 12.4. The number of morpholine rings is 1. The van der Waals surface area contributed by atoms with E-state index >= 15 is 4.39 Å². The summed E-state index contributed by atoms with van der Waals surface area (Å²) in [7, 11) is 1.77. The average molecular weight is 496 g/mol. The van der Waals surface area contributed by atoms with Gasteiger partial charge >= 0.3 is 6.03 Å². The number of imidazole rings is 1. The first-order valence-electron chi connectivity index (χ1n) is 12.4. The Labute approximate surface area is 208 Å². The third-order valence-electron chi connectivity index (χ3n) is 7.11. The van der Waals surface area contributed by atoms with Crippen molar-refractivity contribution in [2.24, 2.45) is 0 Å². The number of hydrogen-bond donors (Lipinski definition) is 3. The van der Waals surface area contributed by atoms with Crippen LogP contribution in [0, 0.1) is 5.82 Å². The van der Waals surface area contributed by atoms with Gasteiger partial charge in [0.05, 0.1) is 48.0 Å². The SMILES string of the molecule is CNc1cc2nc3c1ncn3C(=O)N[C@@H]1CC[C@H]1OCc1cc(c(F)c(N3C[C@@H](C)O[C@@H](C)C3)c1)N2. The Morgan fingerprint density at radius 2 is 1.97 bits per heavy atom. The molecule has 4 bridgehead atoms. The summed E-state index contributed by atoms with van der Waals surface area (Å²) in [4.78, 5) is 24.1. The number of anilines is 4. The highest BCUT2D eigenvalue weighted by Crippen LogP contribution is 2.35. The van der Waals surface area contributed by atoms with Gasteiger partial charge in [0, 0.05) is 26.2 Å². The number of benzene rings is 1. The molecule has 3 aromatic rings. The maximum absolute atomic E-state index is 16.0. The average Bonchev–Trinajstić information content (AvgIpc) is 3.26. The number of ether oxygens (including phenoxy) is 2. The fourth-order valence-electron chi connectivity index (χ4n) is 5.24. The molecule has 2 aromatic heterocycles. The molecule has 1 aliphatic carbocycles. The van der Waals surface area contributed by atoms with Crippen LogP contribution in [0.3, 0.4) is 0 Å². The van der Waals surface area contributed by atoms with Gasteiger partial charge < -0.3 is 30.3 Å². The second kappa shape index (κ2) is 8.90. The Balaban J connectivity index is 1.48. The highest BCUT2D eigenvalue weighted by Gasteiger charge is 2.34. The Kier molecular flexibility index (Phi) is 5.68. The van der Waals surface area contributed by atoms with Crippen molar-refractivity contribution in [3.63, 3.8) is 0 Å². The highest BCUT2D eigenvalue weighted by molar-refractivity contribution is 5.94. The predicted octanol–water partition coefficient (Wildman–Crippen LogP) is 3.59. The molecule has 1 amide bonds. The molecule has 2 fully saturated rings. The van der Waals surface area contributed by atoms with Crippen LogP contribution in [0.4, 0.5) is 32.1 Å². The number of rotatable bonds is 2. The third kappa shape index (κ3) is 4.01. The summed E-state index contributed by atoms with van der Waals surface area (Å²) in [6, 6.07) is 4.96. The Bertz CT molecular complexity index is 1320. The van der Waals surface area contributed by atoms with E-state index in [-0.39, 0.29) is 36.2 Å². The van der Waals surface area contributed by atoms with Crippen molar-refractivity contribution < 1.29 is 18.7 Å². The van der Waals surface area contributed by atoms with Crippen molar-refractivity contribution in [1.29, 1.82) is 0 Å². The molecule has 1 aromatic carbocycles. The third-order valence-corrected chi connectivity index (χ3v) is 7.11. The normalized spacial score (nSPS) is 26.0. The lowest BCUT2D eigenvalue weighted by atomic mass is 9.89. The monoisotopic (exact) mass is 495 g/mol. The van der Waals surface area contributed by atoms with Crippen LogP contribution in [0.5, 0.6) is 0 Å². The summed E-state index contributed by atoms with van der Waals surface area (Å²) in [5.41, 5.74) is 3.25. The molecule has 36 heavy (non-hydrogen) atoms. The molecular weight excluding hydrogens is 465 g/mol. The summed E-state index contributed by atoms with van der Waals surface area (Å²) < 4.78 is 29.4. The number of hydrogen-bond acceptors (Lipinski definition) is 8. The van der Waals surface area contributed by atoms with Crippen molar-refractivity contribution in [3.8, 4) is 0 Å². The van der Waals surface area contributed by atoms with E-state index in [1.807, 2.05) is 24.8 Å². The number of carbonyl (C=O) groups excluding carboxylic acids is 1. The molecule has 0 radical (unpaired) electrons. The van der Waals surface area contributed by atoms with E-state index < -0.39 is 0 Å². The lowest BCUT2D eigenvalue weighted by molar-refractivity contribution is -0.0323. The largest absolute Gasteiger partial charge is 0.386 e. The summed E-state index contributed by atoms with van der Waals surface area (Å²) in [6.07, 6.45) is 3.00. The molecule has 3 aliphatic rings. The van der Waals surface area contributed by atoms with Crippen LogP contribution in [0.15, 0.2) is 24.5 Å². The van der Waals surface area contributed by atoms with Gasteiger partial charge in [-0.25, -0.2) is 23.7 Å². The minimum Gasteiger partial charge on any atom is -0.386 e. The molecule has 10 nitrogen and oxygen atoms in total. The second-order valence-corrected chi connectivity index (χ2v) is 9.84. The van der Waals surface area contributed by atoms with Gasteiger partial charge in [-0.15, -0.1) is 0 Å². The Morgan fingerprint density at radius 1 is 1.17 bits per heavy atom. The van der Waals surface area contributed by atoms with Crippen molar-refractivity contribution in [2.75, 3.05) is 35.7 Å². The molecule has 0 unspecified atom stereocenters. The number of aromatic nitrogens is 3. The Hall–Kier alpha value is -3.44. The van der Waals surface area contributed by atoms with Gasteiger partial charge in [-0.3, -0.25) is 0 Å². The minimum absolute atomic E-state index is 0.00998. The maximum atomic E-state index is 16.0. The van der Waals surface area contributed by atoms with Crippen LogP contribution in [0.1, 0.15) is 32.3 Å².